The van der Waals surface area contributed by atoms with E-state index in [-0.39, 0.29) is 0 Å². The molecule has 1 atom stereocenters. The van der Waals surface area contributed by atoms with Gasteiger partial charge < -0.3 is 0 Å². The summed E-state index contributed by atoms with van der Waals surface area (Å²) in [4.78, 5) is 0. The van der Waals surface area contributed by atoms with Gasteiger partial charge in [-0.05, 0) is 31.4 Å². The lowest BCUT2D eigenvalue weighted by molar-refractivity contribution is 0.429. The molecule has 8 heavy (non-hydrogen) atoms. The molecule has 0 aromatic rings. The van der Waals surface area contributed by atoms with Crippen LogP contribution >= 0.6 is 22.6 Å². The molecule has 0 radical (unpaired) electrons. The zero-order valence-corrected chi connectivity index (χ0v) is 7.30. The van der Waals surface area contributed by atoms with Crippen molar-refractivity contribution in [2.24, 2.45) is 0 Å². The van der Waals surface area contributed by atoms with Crippen molar-refractivity contribution in [3.8, 4) is 0 Å². The highest BCUT2D eigenvalue weighted by atomic mass is 33.1. The first kappa shape index (κ1) is 8.66. The molecule has 0 spiro atoms. The number of rotatable bonds is 3. The first-order chi connectivity index (χ1) is 3.72. The molecule has 0 amide bonds. The Morgan fingerprint density at radius 2 is 2.25 bits per heavy atom. The van der Waals surface area contributed by atoms with Crippen LogP contribution < -0.4 is 0 Å². The topological polar surface area (TPSA) is 3.24 Å². The monoisotopic (exact) mass is 151 g/mol. The Hall–Kier alpha value is 0.660. The minimum absolute atomic E-state index is 0.637. The lowest BCUT2D eigenvalue weighted by Gasteiger charge is -2.18. The van der Waals surface area contributed by atoms with Gasteiger partial charge in [0.15, 0.2) is 0 Å². The van der Waals surface area contributed by atoms with Crippen LogP contribution in [0.5, 0.6) is 0 Å². The lowest BCUT2D eigenvalue weighted by atomic mass is 10.3. The first-order valence-corrected chi connectivity index (χ1v) is 4.59. The average Bonchev–Trinajstić information content (AvgIpc) is 1.84. The normalized spacial score (nSPS) is 14.6. The second kappa shape index (κ2) is 4.53. The number of thiol groups is 1. The van der Waals surface area contributed by atoms with Crippen molar-refractivity contribution >= 4 is 22.6 Å². The molecule has 0 saturated carbocycles. The summed E-state index contributed by atoms with van der Waals surface area (Å²) in [6.45, 7) is 4.36. The molecule has 0 heterocycles. The van der Waals surface area contributed by atoms with Gasteiger partial charge in [0, 0.05) is 6.04 Å². The summed E-state index contributed by atoms with van der Waals surface area (Å²) in [5, 5.41) is 0. The van der Waals surface area contributed by atoms with Crippen molar-refractivity contribution in [3.05, 3.63) is 0 Å². The molecule has 0 bridgehead atoms. The molecule has 0 aromatic carbocycles. The van der Waals surface area contributed by atoms with Gasteiger partial charge in [-0.15, -0.1) is 0 Å². The Morgan fingerprint density at radius 3 is 2.38 bits per heavy atom. The summed E-state index contributed by atoms with van der Waals surface area (Å²) in [5.41, 5.74) is 0. The highest BCUT2D eigenvalue weighted by Crippen LogP contribution is 2.15. The SMILES string of the molecule is CCC(C)N(C)SS. The summed E-state index contributed by atoms with van der Waals surface area (Å²) in [7, 11) is 3.53. The molecule has 0 rings (SSSR count). The van der Waals surface area contributed by atoms with Gasteiger partial charge in [0.05, 0.1) is 0 Å². The van der Waals surface area contributed by atoms with Crippen molar-refractivity contribution in [1.29, 1.82) is 0 Å². The van der Waals surface area contributed by atoms with Gasteiger partial charge in [0.2, 0.25) is 0 Å². The molecule has 0 aliphatic carbocycles. The van der Waals surface area contributed by atoms with E-state index in [2.05, 4.69) is 29.8 Å². The van der Waals surface area contributed by atoms with Gasteiger partial charge in [-0.25, -0.2) is 4.31 Å². The summed E-state index contributed by atoms with van der Waals surface area (Å²) in [5.74, 6) is 0. The zero-order valence-electron chi connectivity index (χ0n) is 5.59. The molecule has 0 aliphatic heterocycles. The smallest absolute Gasteiger partial charge is 0.0176 e. The van der Waals surface area contributed by atoms with Crippen LogP contribution in [0.3, 0.4) is 0 Å². The quantitative estimate of drug-likeness (QED) is 0.374. The molecular weight excluding hydrogens is 138 g/mol. The molecule has 1 unspecified atom stereocenters. The fourth-order valence-corrected chi connectivity index (χ4v) is 1.13. The number of nitrogens with zero attached hydrogens (tertiary/aromatic N) is 1. The predicted octanol–water partition coefficient (Wildman–Crippen LogP) is 2.21. The van der Waals surface area contributed by atoms with Crippen LogP contribution in [0.15, 0.2) is 0 Å². The Balaban J connectivity index is 3.29. The standard InChI is InChI=1S/C5H13NS2/c1-4-5(2)6(3)8-7/h5,7H,4H2,1-3H3. The van der Waals surface area contributed by atoms with E-state index in [0.29, 0.717) is 6.04 Å². The largest absolute Gasteiger partial charge is 0.242 e. The number of hydrogen-bond donors (Lipinski definition) is 1. The highest BCUT2D eigenvalue weighted by molar-refractivity contribution is 8.67. The van der Waals surface area contributed by atoms with Crippen molar-refractivity contribution in [2.75, 3.05) is 7.05 Å². The maximum absolute atomic E-state index is 4.05. The summed E-state index contributed by atoms with van der Waals surface area (Å²) in [6, 6.07) is 0.637. The zero-order chi connectivity index (χ0) is 6.57. The molecular formula is C5H13NS2. The van der Waals surface area contributed by atoms with Gasteiger partial charge >= 0.3 is 0 Å². The molecule has 0 aromatic heterocycles. The average molecular weight is 151 g/mol. The molecule has 0 saturated heterocycles. The van der Waals surface area contributed by atoms with Gasteiger partial charge in [-0.3, -0.25) is 0 Å². The molecule has 3 heteroatoms. The van der Waals surface area contributed by atoms with Gasteiger partial charge in [-0.1, -0.05) is 18.6 Å². The van der Waals surface area contributed by atoms with Crippen molar-refractivity contribution in [3.63, 3.8) is 0 Å². The third kappa shape index (κ3) is 2.84. The second-order valence-corrected chi connectivity index (χ2v) is 3.11. The molecule has 0 N–H and O–H groups in total. The van der Waals surface area contributed by atoms with Crippen LogP contribution in [-0.2, 0) is 0 Å². The van der Waals surface area contributed by atoms with E-state index < -0.39 is 0 Å². The highest BCUT2D eigenvalue weighted by Gasteiger charge is 2.02. The van der Waals surface area contributed by atoms with Gasteiger partial charge in [0.25, 0.3) is 0 Å². The van der Waals surface area contributed by atoms with Crippen LogP contribution in [0, 0.1) is 0 Å². The fraction of sp³-hybridized carbons (Fsp3) is 1.00. The van der Waals surface area contributed by atoms with E-state index in [1.165, 1.54) is 17.4 Å². The van der Waals surface area contributed by atoms with Crippen molar-refractivity contribution in [1.82, 2.24) is 4.31 Å². The Bertz CT molecular complexity index is 50.4. The maximum atomic E-state index is 4.05. The Morgan fingerprint density at radius 1 is 1.75 bits per heavy atom. The van der Waals surface area contributed by atoms with E-state index in [0.717, 1.165) is 0 Å². The molecule has 0 aliphatic rings. The predicted molar refractivity (Wildman–Crippen MR) is 44.1 cm³/mol. The van der Waals surface area contributed by atoms with E-state index >= 15 is 0 Å². The minimum Gasteiger partial charge on any atom is -0.242 e. The van der Waals surface area contributed by atoms with Crippen LogP contribution in [0.25, 0.3) is 0 Å². The van der Waals surface area contributed by atoms with Crippen LogP contribution in [0.4, 0.5) is 0 Å². The summed E-state index contributed by atoms with van der Waals surface area (Å²) in [6.07, 6.45) is 1.18. The summed E-state index contributed by atoms with van der Waals surface area (Å²) < 4.78 is 2.13. The third-order valence-electron chi connectivity index (χ3n) is 1.34. The van der Waals surface area contributed by atoms with Gasteiger partial charge in [0.1, 0.15) is 0 Å². The van der Waals surface area contributed by atoms with E-state index in [1.807, 2.05) is 7.05 Å². The Kier molecular flexibility index (Phi) is 4.90. The third-order valence-corrected chi connectivity index (χ3v) is 2.73. The van der Waals surface area contributed by atoms with Crippen LogP contribution in [-0.4, -0.2) is 17.4 Å². The lowest BCUT2D eigenvalue weighted by Crippen LogP contribution is -2.19. The van der Waals surface area contributed by atoms with Crippen molar-refractivity contribution < 1.29 is 0 Å². The van der Waals surface area contributed by atoms with Crippen LogP contribution in [0.1, 0.15) is 20.3 Å². The van der Waals surface area contributed by atoms with Crippen molar-refractivity contribution in [2.45, 2.75) is 26.3 Å². The van der Waals surface area contributed by atoms with Gasteiger partial charge in [-0.2, -0.15) is 0 Å². The molecule has 0 fully saturated rings. The molecule has 50 valence electrons. The minimum atomic E-state index is 0.637. The fourth-order valence-electron chi connectivity index (χ4n) is 0.338. The van der Waals surface area contributed by atoms with E-state index in [4.69, 9.17) is 0 Å². The molecule has 1 nitrogen and oxygen atoms in total. The van der Waals surface area contributed by atoms with E-state index in [9.17, 15) is 0 Å². The second-order valence-electron chi connectivity index (χ2n) is 1.89. The maximum Gasteiger partial charge on any atom is 0.0176 e. The first-order valence-electron chi connectivity index (χ1n) is 2.76. The van der Waals surface area contributed by atoms with E-state index in [1.54, 1.807) is 0 Å². The van der Waals surface area contributed by atoms with Crippen LogP contribution in [0.2, 0.25) is 0 Å². The Labute approximate surface area is 60.8 Å². The number of hydrogen-bond acceptors (Lipinski definition) is 3. The summed E-state index contributed by atoms with van der Waals surface area (Å²) >= 11 is 4.05.